The Hall–Kier alpha value is -3.83. The number of rotatable bonds is 4. The van der Waals surface area contributed by atoms with Gasteiger partial charge in [0.2, 0.25) is 0 Å². The minimum Gasteiger partial charge on any atom is -0.384 e. The zero-order valence-electron chi connectivity index (χ0n) is 15.9. The molecule has 0 fully saturated rings. The molecule has 4 heterocycles. The summed E-state index contributed by atoms with van der Waals surface area (Å²) in [6, 6.07) is 6.91. The number of nitrogens with zero attached hydrogens (tertiary/aromatic N) is 4. The zero-order valence-corrected chi connectivity index (χ0v) is 16.7. The van der Waals surface area contributed by atoms with Crippen LogP contribution < -0.4 is 5.32 Å². The number of aromatic amines is 1. The van der Waals surface area contributed by atoms with Gasteiger partial charge in [-0.05, 0) is 25.1 Å². The van der Waals surface area contributed by atoms with Crippen molar-refractivity contribution in [2.45, 2.75) is 6.92 Å². The van der Waals surface area contributed by atoms with Crippen molar-refractivity contribution in [2.75, 3.05) is 11.9 Å². The molecule has 0 aliphatic rings. The maximum atomic E-state index is 14.5. The van der Waals surface area contributed by atoms with E-state index in [9.17, 15) is 9.65 Å². The van der Waals surface area contributed by atoms with Crippen molar-refractivity contribution in [1.82, 2.24) is 19.9 Å². The Kier molecular flexibility index (Phi) is 4.38. The average molecular weight is 414 g/mol. The van der Waals surface area contributed by atoms with E-state index in [2.05, 4.69) is 31.3 Å². The molecule has 2 N–H and O–H groups in total. The van der Waals surface area contributed by atoms with Gasteiger partial charge in [0.25, 0.3) is 0 Å². The summed E-state index contributed by atoms with van der Waals surface area (Å²) >= 11 is 1.49. The fraction of sp³-hybridized carbons (Fsp3) is 0.0909. The normalized spacial score (nSPS) is 11.1. The van der Waals surface area contributed by atoms with Crippen molar-refractivity contribution < 1.29 is 4.39 Å². The number of H-pyrrole nitrogens is 1. The van der Waals surface area contributed by atoms with Crippen molar-refractivity contribution in [3.8, 4) is 27.6 Å². The van der Waals surface area contributed by atoms with E-state index in [-0.39, 0.29) is 5.82 Å². The molecular formula is C22H15FN6S. The van der Waals surface area contributed by atoms with Crippen LogP contribution in [0.1, 0.15) is 12.5 Å². The number of benzene rings is 1. The van der Waals surface area contributed by atoms with Gasteiger partial charge >= 0.3 is 0 Å². The maximum absolute atomic E-state index is 14.5. The minimum atomic E-state index is -0.326. The topological polar surface area (TPSA) is 90.3 Å². The number of fused-ring (bicyclic) bond motifs is 3. The lowest BCUT2D eigenvalue weighted by atomic mass is 9.97. The summed E-state index contributed by atoms with van der Waals surface area (Å²) in [5.41, 5.74) is 6.83. The van der Waals surface area contributed by atoms with Crippen LogP contribution in [-0.2, 0) is 0 Å². The van der Waals surface area contributed by atoms with Crippen LogP contribution in [0, 0.1) is 17.1 Å². The molecule has 0 aliphatic heterocycles. The van der Waals surface area contributed by atoms with E-state index in [1.54, 1.807) is 30.2 Å². The van der Waals surface area contributed by atoms with E-state index >= 15 is 0 Å². The number of nitriles is 1. The second-order valence-corrected chi connectivity index (χ2v) is 7.63. The Morgan fingerprint density at radius 1 is 1.17 bits per heavy atom. The SMILES string of the molecule is CCNc1cc(F)cc2c1[nH]c1ncc(-c3cncc(C#N)c3)c(-c3cncs3)c12. The number of anilines is 1. The van der Waals surface area contributed by atoms with Crippen LogP contribution in [0.5, 0.6) is 0 Å². The fourth-order valence-electron chi connectivity index (χ4n) is 3.72. The molecule has 0 spiro atoms. The second kappa shape index (κ2) is 7.21. The Morgan fingerprint density at radius 2 is 2.07 bits per heavy atom. The monoisotopic (exact) mass is 414 g/mol. The molecule has 0 saturated heterocycles. The Morgan fingerprint density at radius 3 is 2.83 bits per heavy atom. The second-order valence-electron chi connectivity index (χ2n) is 6.74. The molecule has 0 atom stereocenters. The maximum Gasteiger partial charge on any atom is 0.139 e. The van der Waals surface area contributed by atoms with Crippen LogP contribution in [0.15, 0.2) is 48.5 Å². The molecule has 5 rings (SSSR count). The van der Waals surface area contributed by atoms with Gasteiger partial charge in [-0.15, -0.1) is 11.3 Å². The molecular weight excluding hydrogens is 399 g/mol. The lowest BCUT2D eigenvalue weighted by Crippen LogP contribution is -1.97. The van der Waals surface area contributed by atoms with Crippen molar-refractivity contribution in [1.29, 1.82) is 5.26 Å². The van der Waals surface area contributed by atoms with Gasteiger partial charge in [0.1, 0.15) is 17.5 Å². The summed E-state index contributed by atoms with van der Waals surface area (Å²) in [7, 11) is 0. The van der Waals surface area contributed by atoms with Gasteiger partial charge < -0.3 is 10.3 Å². The smallest absolute Gasteiger partial charge is 0.139 e. The molecule has 0 bridgehead atoms. The van der Waals surface area contributed by atoms with Crippen molar-refractivity contribution in [3.05, 3.63) is 59.9 Å². The van der Waals surface area contributed by atoms with Crippen molar-refractivity contribution in [2.24, 2.45) is 0 Å². The molecule has 30 heavy (non-hydrogen) atoms. The van der Waals surface area contributed by atoms with Crippen LogP contribution >= 0.6 is 11.3 Å². The van der Waals surface area contributed by atoms with E-state index in [0.717, 1.165) is 37.9 Å². The molecule has 5 aromatic rings. The summed E-state index contributed by atoms with van der Waals surface area (Å²) in [6.45, 7) is 2.63. The highest BCUT2D eigenvalue weighted by Crippen LogP contribution is 2.43. The molecule has 146 valence electrons. The zero-order chi connectivity index (χ0) is 20.7. The van der Waals surface area contributed by atoms with Crippen LogP contribution in [-0.4, -0.2) is 26.5 Å². The van der Waals surface area contributed by atoms with E-state index in [1.165, 1.54) is 29.7 Å². The molecule has 0 amide bonds. The molecule has 4 aromatic heterocycles. The minimum absolute atomic E-state index is 0.326. The summed E-state index contributed by atoms with van der Waals surface area (Å²) in [5.74, 6) is -0.326. The third kappa shape index (κ3) is 2.88. The first-order chi connectivity index (χ1) is 14.7. The predicted molar refractivity (Wildman–Crippen MR) is 117 cm³/mol. The molecule has 0 radical (unpaired) electrons. The predicted octanol–water partition coefficient (Wildman–Crippen LogP) is 5.34. The molecule has 6 nitrogen and oxygen atoms in total. The Labute approximate surface area is 175 Å². The number of hydrogen-bond acceptors (Lipinski definition) is 6. The van der Waals surface area contributed by atoms with Gasteiger partial charge in [-0.25, -0.2) is 9.37 Å². The van der Waals surface area contributed by atoms with E-state index < -0.39 is 0 Å². The van der Waals surface area contributed by atoms with E-state index in [0.29, 0.717) is 23.4 Å². The largest absolute Gasteiger partial charge is 0.384 e. The van der Waals surface area contributed by atoms with Crippen molar-refractivity contribution >= 4 is 39.0 Å². The third-order valence-electron chi connectivity index (χ3n) is 4.92. The number of thiazole rings is 1. The summed E-state index contributed by atoms with van der Waals surface area (Å²) in [4.78, 5) is 17.3. The standard InChI is InChI=1S/C22H15FN6S/c1-2-27-17-5-14(23)4-15-20-19(18-10-26-11-30-18)16(9-28-22(20)29-21(15)17)13-3-12(6-24)7-25-8-13/h3-5,7-11,27H,2H2,1H3,(H,28,29). The molecule has 8 heteroatoms. The van der Waals surface area contributed by atoms with Gasteiger partial charge in [-0.3, -0.25) is 9.97 Å². The van der Waals surface area contributed by atoms with Crippen LogP contribution in [0.25, 0.3) is 43.5 Å². The summed E-state index contributed by atoms with van der Waals surface area (Å²) < 4.78 is 14.5. The number of pyridine rings is 2. The molecule has 0 unspecified atom stereocenters. The highest BCUT2D eigenvalue weighted by atomic mass is 32.1. The average Bonchev–Trinajstić information content (AvgIpc) is 3.41. The summed E-state index contributed by atoms with van der Waals surface area (Å²) in [6.07, 6.45) is 6.77. The van der Waals surface area contributed by atoms with E-state index in [4.69, 9.17) is 0 Å². The number of nitrogens with one attached hydrogen (secondary N) is 2. The quantitative estimate of drug-likeness (QED) is 0.414. The van der Waals surface area contributed by atoms with Crippen molar-refractivity contribution in [3.63, 3.8) is 0 Å². The van der Waals surface area contributed by atoms with Gasteiger partial charge in [-0.2, -0.15) is 5.26 Å². The Balaban J connectivity index is 1.92. The van der Waals surface area contributed by atoms with Gasteiger partial charge in [0.15, 0.2) is 0 Å². The fourth-order valence-corrected chi connectivity index (χ4v) is 4.40. The van der Waals surface area contributed by atoms with Gasteiger partial charge in [-0.1, -0.05) is 0 Å². The highest BCUT2D eigenvalue weighted by Gasteiger charge is 2.20. The molecule has 0 aliphatic carbocycles. The highest BCUT2D eigenvalue weighted by molar-refractivity contribution is 7.13. The number of aromatic nitrogens is 4. The van der Waals surface area contributed by atoms with Crippen LogP contribution in [0.2, 0.25) is 0 Å². The van der Waals surface area contributed by atoms with Gasteiger partial charge in [0.05, 0.1) is 27.2 Å². The van der Waals surface area contributed by atoms with Gasteiger partial charge in [0, 0.05) is 58.8 Å². The van der Waals surface area contributed by atoms with Crippen LogP contribution in [0.3, 0.4) is 0 Å². The number of hydrogen-bond donors (Lipinski definition) is 2. The first-order valence-electron chi connectivity index (χ1n) is 9.31. The van der Waals surface area contributed by atoms with Crippen LogP contribution in [0.4, 0.5) is 10.1 Å². The molecule has 0 saturated carbocycles. The number of halogens is 1. The summed E-state index contributed by atoms with van der Waals surface area (Å²) in [5, 5.41) is 14.1. The lowest BCUT2D eigenvalue weighted by Gasteiger charge is -2.10. The first kappa shape index (κ1) is 18.2. The Bertz CT molecular complexity index is 1430. The lowest BCUT2D eigenvalue weighted by molar-refractivity contribution is 0.630. The molecule has 1 aromatic carbocycles. The van der Waals surface area contributed by atoms with E-state index in [1.807, 2.05) is 6.92 Å². The third-order valence-corrected chi connectivity index (χ3v) is 5.71. The first-order valence-corrected chi connectivity index (χ1v) is 10.2.